The van der Waals surface area contributed by atoms with Crippen LogP contribution in [0.5, 0.6) is 28.7 Å². The summed E-state index contributed by atoms with van der Waals surface area (Å²) in [5, 5.41) is 40.7. The molecule has 4 N–H and O–H groups in total. The van der Waals surface area contributed by atoms with Gasteiger partial charge in [-0.2, -0.15) is 0 Å². The Morgan fingerprint density at radius 1 is 1.00 bits per heavy atom. The summed E-state index contributed by atoms with van der Waals surface area (Å²) in [7, 11) is 0. The van der Waals surface area contributed by atoms with Gasteiger partial charge in [0, 0.05) is 22.8 Å². The summed E-state index contributed by atoms with van der Waals surface area (Å²) in [5.74, 6) is 0.638. The van der Waals surface area contributed by atoms with Crippen LogP contribution in [0.3, 0.4) is 0 Å². The van der Waals surface area contributed by atoms with Crippen LogP contribution in [-0.4, -0.2) is 38.7 Å². The van der Waals surface area contributed by atoms with Crippen LogP contribution in [0.15, 0.2) is 24.3 Å². The molecule has 3 heterocycles. The summed E-state index contributed by atoms with van der Waals surface area (Å²) in [6, 6.07) is 6.61. The fourth-order valence-corrected chi connectivity index (χ4v) is 4.17. The molecule has 4 atom stereocenters. The largest absolute Gasteiger partial charge is 0.504 e. The first kappa shape index (κ1) is 16.5. The van der Waals surface area contributed by atoms with Gasteiger partial charge in [-0.3, -0.25) is 0 Å². The Morgan fingerprint density at radius 3 is 2.56 bits per heavy atom. The number of benzene rings is 2. The molecule has 7 nitrogen and oxygen atoms in total. The lowest BCUT2D eigenvalue weighted by Crippen LogP contribution is -2.48. The average Bonchev–Trinajstić information content (AvgIpc) is 2.99. The van der Waals surface area contributed by atoms with Crippen LogP contribution in [0.25, 0.3) is 0 Å². The van der Waals surface area contributed by atoms with Crippen molar-refractivity contribution in [3.8, 4) is 28.7 Å². The van der Waals surface area contributed by atoms with Crippen molar-refractivity contribution in [3.05, 3.63) is 41.0 Å². The molecule has 7 heteroatoms. The van der Waals surface area contributed by atoms with Gasteiger partial charge in [-0.05, 0) is 32.0 Å². The minimum absolute atomic E-state index is 0.138. The van der Waals surface area contributed by atoms with Gasteiger partial charge in [0.05, 0.1) is 12.5 Å². The van der Waals surface area contributed by atoms with Gasteiger partial charge >= 0.3 is 0 Å². The van der Waals surface area contributed by atoms with Crippen LogP contribution >= 0.6 is 0 Å². The van der Waals surface area contributed by atoms with Crippen molar-refractivity contribution in [3.63, 3.8) is 0 Å². The number of aromatic hydroxyl groups is 2. The van der Waals surface area contributed by atoms with Gasteiger partial charge in [0.25, 0.3) is 0 Å². The molecule has 0 saturated carbocycles. The molecule has 2 aromatic rings. The number of phenolic OH excluding ortho intramolecular Hbond substituents is 2. The van der Waals surface area contributed by atoms with E-state index in [0.29, 0.717) is 22.6 Å². The van der Waals surface area contributed by atoms with Crippen molar-refractivity contribution in [2.24, 2.45) is 0 Å². The minimum Gasteiger partial charge on any atom is -0.504 e. The monoisotopic (exact) mass is 372 g/mol. The second kappa shape index (κ2) is 5.21. The summed E-state index contributed by atoms with van der Waals surface area (Å²) in [5.41, 5.74) is 1.10. The standard InChI is InChI=1S/C20H20O7/c1-20(2)19(24)15(22)10-5-9-11-7-25-18-8(3-4-12(21)16(18)23)17(11)26-13(9)6-14(10)27-20/h3-6,11,15,17,19,21-24H,7H2,1-2H3/t11?,15-,17?,19+/m0/s1. The average molecular weight is 372 g/mol. The molecular formula is C20H20O7. The Balaban J connectivity index is 1.59. The maximum atomic E-state index is 10.6. The summed E-state index contributed by atoms with van der Waals surface area (Å²) >= 11 is 0. The molecular weight excluding hydrogens is 352 g/mol. The maximum absolute atomic E-state index is 10.6. The van der Waals surface area contributed by atoms with E-state index in [-0.39, 0.29) is 35.9 Å². The van der Waals surface area contributed by atoms with Crippen molar-refractivity contribution >= 4 is 0 Å². The number of aliphatic hydroxyl groups is 2. The van der Waals surface area contributed by atoms with E-state index in [0.717, 1.165) is 5.56 Å². The van der Waals surface area contributed by atoms with E-state index in [1.165, 1.54) is 6.07 Å². The Hall–Kier alpha value is -2.64. The van der Waals surface area contributed by atoms with Crippen LogP contribution in [0.4, 0.5) is 0 Å². The van der Waals surface area contributed by atoms with Gasteiger partial charge in [0.15, 0.2) is 11.5 Å². The number of phenols is 2. The van der Waals surface area contributed by atoms with Crippen LogP contribution in [-0.2, 0) is 0 Å². The van der Waals surface area contributed by atoms with Gasteiger partial charge < -0.3 is 34.6 Å². The molecule has 2 aromatic carbocycles. The first-order chi connectivity index (χ1) is 12.8. The van der Waals surface area contributed by atoms with Gasteiger partial charge in [-0.1, -0.05) is 0 Å². The highest BCUT2D eigenvalue weighted by atomic mass is 16.5. The van der Waals surface area contributed by atoms with Crippen molar-refractivity contribution in [2.75, 3.05) is 6.61 Å². The Labute approximate surface area is 155 Å². The highest BCUT2D eigenvalue weighted by Gasteiger charge is 2.46. The van der Waals surface area contributed by atoms with E-state index >= 15 is 0 Å². The van der Waals surface area contributed by atoms with Gasteiger partial charge in [0.2, 0.25) is 5.75 Å². The topological polar surface area (TPSA) is 109 Å². The number of hydrogen-bond acceptors (Lipinski definition) is 7. The second-order valence-corrected chi connectivity index (χ2v) is 7.83. The molecule has 0 amide bonds. The molecule has 0 bridgehead atoms. The first-order valence-electron chi connectivity index (χ1n) is 8.85. The normalized spacial score (nSPS) is 29.3. The van der Waals surface area contributed by atoms with E-state index in [2.05, 4.69) is 0 Å². The van der Waals surface area contributed by atoms with Crippen molar-refractivity contribution in [1.29, 1.82) is 0 Å². The molecule has 142 valence electrons. The summed E-state index contributed by atoms with van der Waals surface area (Å²) < 4.78 is 17.7. The predicted octanol–water partition coefficient (Wildman–Crippen LogP) is 2.27. The Morgan fingerprint density at radius 2 is 1.78 bits per heavy atom. The number of ether oxygens (including phenoxy) is 3. The van der Waals surface area contributed by atoms with E-state index in [1.807, 2.05) is 0 Å². The molecule has 0 aromatic heterocycles. The minimum atomic E-state index is -1.06. The molecule has 0 radical (unpaired) electrons. The number of rotatable bonds is 0. The van der Waals surface area contributed by atoms with Gasteiger partial charge in [-0.25, -0.2) is 0 Å². The SMILES string of the molecule is CC1(C)Oc2cc3c(cc2[C@H](O)[C@H]1O)C1COc2c(ccc(O)c2O)C1O3. The van der Waals surface area contributed by atoms with Crippen LogP contribution in [0, 0.1) is 0 Å². The van der Waals surface area contributed by atoms with Crippen molar-refractivity contribution in [1.82, 2.24) is 0 Å². The van der Waals surface area contributed by atoms with E-state index in [9.17, 15) is 20.4 Å². The fourth-order valence-electron chi connectivity index (χ4n) is 4.17. The Kier molecular flexibility index (Phi) is 3.19. The maximum Gasteiger partial charge on any atom is 0.200 e. The summed E-state index contributed by atoms with van der Waals surface area (Å²) in [6.07, 6.45) is -2.50. The zero-order valence-electron chi connectivity index (χ0n) is 14.8. The highest BCUT2D eigenvalue weighted by Crippen LogP contribution is 2.56. The lowest BCUT2D eigenvalue weighted by atomic mass is 9.84. The first-order valence-corrected chi connectivity index (χ1v) is 8.85. The fraction of sp³-hybridized carbons (Fsp3) is 0.400. The second-order valence-electron chi connectivity index (χ2n) is 7.83. The van der Waals surface area contributed by atoms with Crippen molar-refractivity contribution < 1.29 is 34.6 Å². The third-order valence-electron chi connectivity index (χ3n) is 5.72. The number of aliphatic hydroxyl groups excluding tert-OH is 2. The zero-order chi connectivity index (χ0) is 19.1. The molecule has 5 rings (SSSR count). The van der Waals surface area contributed by atoms with Crippen LogP contribution < -0.4 is 14.2 Å². The molecule has 0 fully saturated rings. The molecule has 2 unspecified atom stereocenters. The van der Waals surface area contributed by atoms with Gasteiger partial charge in [-0.15, -0.1) is 0 Å². The van der Waals surface area contributed by atoms with E-state index < -0.39 is 17.8 Å². The predicted molar refractivity (Wildman–Crippen MR) is 93.5 cm³/mol. The molecule has 3 aliphatic rings. The zero-order valence-corrected chi connectivity index (χ0v) is 14.8. The summed E-state index contributed by atoms with van der Waals surface area (Å²) in [6.45, 7) is 3.69. The molecule has 27 heavy (non-hydrogen) atoms. The lowest BCUT2D eigenvalue weighted by molar-refractivity contribution is -0.111. The van der Waals surface area contributed by atoms with E-state index in [4.69, 9.17) is 14.2 Å². The highest BCUT2D eigenvalue weighted by molar-refractivity contribution is 5.60. The lowest BCUT2D eigenvalue weighted by Gasteiger charge is -2.40. The van der Waals surface area contributed by atoms with Gasteiger partial charge in [0.1, 0.15) is 35.4 Å². The smallest absolute Gasteiger partial charge is 0.200 e. The number of hydrogen-bond donors (Lipinski definition) is 4. The molecule has 0 aliphatic carbocycles. The quantitative estimate of drug-likeness (QED) is 0.525. The van der Waals surface area contributed by atoms with E-state index in [1.54, 1.807) is 32.0 Å². The molecule has 0 spiro atoms. The third kappa shape index (κ3) is 2.15. The van der Waals surface area contributed by atoms with Crippen molar-refractivity contribution in [2.45, 2.75) is 43.7 Å². The van der Waals surface area contributed by atoms with Crippen LogP contribution in [0.1, 0.15) is 48.7 Å². The number of fused-ring (bicyclic) bond motifs is 6. The summed E-state index contributed by atoms with van der Waals surface area (Å²) in [4.78, 5) is 0. The molecule has 0 saturated heterocycles. The third-order valence-corrected chi connectivity index (χ3v) is 5.72. The Bertz CT molecular complexity index is 952. The van der Waals surface area contributed by atoms with Crippen LogP contribution in [0.2, 0.25) is 0 Å². The molecule has 3 aliphatic heterocycles.